The molecule has 0 aliphatic heterocycles. The van der Waals surface area contributed by atoms with Crippen molar-refractivity contribution in [2.24, 2.45) is 0 Å². The lowest BCUT2D eigenvalue weighted by molar-refractivity contribution is -0.144. The maximum atomic E-state index is 12.2. The number of hydrogen-bond donors (Lipinski definition) is 0. The molecule has 2 heteroatoms. The third-order valence-corrected chi connectivity index (χ3v) is 4.36. The van der Waals surface area contributed by atoms with Crippen molar-refractivity contribution in [3.8, 4) is 0 Å². The molecule has 0 spiro atoms. The van der Waals surface area contributed by atoms with Gasteiger partial charge in [0, 0.05) is 0 Å². The Morgan fingerprint density at radius 2 is 1.62 bits per heavy atom. The summed E-state index contributed by atoms with van der Waals surface area (Å²) in [6.07, 6.45) is 15.3. The van der Waals surface area contributed by atoms with Crippen LogP contribution >= 0.6 is 0 Å². The van der Waals surface area contributed by atoms with E-state index in [0.717, 1.165) is 18.4 Å². The minimum absolute atomic E-state index is 0.121. The van der Waals surface area contributed by atoms with Gasteiger partial charge < -0.3 is 4.74 Å². The van der Waals surface area contributed by atoms with Crippen molar-refractivity contribution in [2.75, 3.05) is 6.61 Å². The van der Waals surface area contributed by atoms with Gasteiger partial charge in [-0.05, 0) is 24.8 Å². The van der Waals surface area contributed by atoms with Gasteiger partial charge in [-0.1, -0.05) is 94.9 Å². The highest BCUT2D eigenvalue weighted by Crippen LogP contribution is 2.20. The van der Waals surface area contributed by atoms with Crippen molar-refractivity contribution in [3.05, 3.63) is 48.0 Å². The predicted octanol–water partition coefficient (Wildman–Crippen LogP) is 6.42. The summed E-state index contributed by atoms with van der Waals surface area (Å²) in [5.41, 5.74) is 1.04. The van der Waals surface area contributed by atoms with E-state index in [4.69, 9.17) is 4.74 Å². The Morgan fingerprint density at radius 3 is 2.29 bits per heavy atom. The molecular weight excluding hydrogens is 296 g/mol. The molecule has 0 bridgehead atoms. The molecule has 1 rings (SSSR count). The van der Waals surface area contributed by atoms with Gasteiger partial charge in [0.1, 0.15) is 6.61 Å². The van der Waals surface area contributed by atoms with Crippen LogP contribution < -0.4 is 0 Å². The smallest absolute Gasteiger partial charge is 0.313 e. The molecule has 1 atom stereocenters. The van der Waals surface area contributed by atoms with Gasteiger partial charge in [0.15, 0.2) is 0 Å². The van der Waals surface area contributed by atoms with Crippen molar-refractivity contribution >= 4 is 5.97 Å². The van der Waals surface area contributed by atoms with E-state index in [1.54, 1.807) is 0 Å². The first kappa shape index (κ1) is 20.5. The van der Waals surface area contributed by atoms with Crippen molar-refractivity contribution in [2.45, 2.75) is 77.6 Å². The third kappa shape index (κ3) is 8.90. The second-order valence-electron chi connectivity index (χ2n) is 6.38. The van der Waals surface area contributed by atoms with E-state index in [2.05, 4.69) is 13.0 Å². The summed E-state index contributed by atoms with van der Waals surface area (Å²) in [7, 11) is 0. The molecule has 0 saturated heterocycles. The summed E-state index contributed by atoms with van der Waals surface area (Å²) in [6.45, 7) is 4.66. The molecule has 1 aromatic carbocycles. The molecule has 0 radical (unpaired) electrons. The molecule has 134 valence electrons. The Bertz CT molecular complexity index is 450. The lowest BCUT2D eigenvalue weighted by atomic mass is 9.97. The molecule has 0 saturated carbocycles. The largest absolute Gasteiger partial charge is 0.461 e. The van der Waals surface area contributed by atoms with E-state index in [-0.39, 0.29) is 11.9 Å². The zero-order valence-electron chi connectivity index (χ0n) is 15.5. The maximum Gasteiger partial charge on any atom is 0.313 e. The molecule has 0 aliphatic carbocycles. The van der Waals surface area contributed by atoms with E-state index in [1.807, 2.05) is 43.3 Å². The van der Waals surface area contributed by atoms with Crippen LogP contribution in [0.4, 0.5) is 0 Å². The maximum absolute atomic E-state index is 12.2. The zero-order chi connectivity index (χ0) is 17.5. The van der Waals surface area contributed by atoms with Gasteiger partial charge in [-0.25, -0.2) is 0 Å². The van der Waals surface area contributed by atoms with E-state index >= 15 is 0 Å². The number of hydrogen-bond acceptors (Lipinski definition) is 2. The predicted molar refractivity (Wildman–Crippen MR) is 102 cm³/mol. The normalized spacial score (nSPS) is 12.4. The Hall–Kier alpha value is -1.57. The van der Waals surface area contributed by atoms with Crippen LogP contribution in [-0.4, -0.2) is 12.6 Å². The zero-order valence-corrected chi connectivity index (χ0v) is 15.5. The highest BCUT2D eigenvalue weighted by atomic mass is 16.5. The summed E-state index contributed by atoms with van der Waals surface area (Å²) in [4.78, 5) is 12.2. The van der Waals surface area contributed by atoms with Crippen molar-refractivity contribution in [3.63, 3.8) is 0 Å². The molecule has 2 nitrogen and oxygen atoms in total. The molecule has 0 N–H and O–H groups in total. The first-order chi connectivity index (χ1) is 11.8. The number of esters is 1. The van der Waals surface area contributed by atoms with Crippen molar-refractivity contribution in [1.29, 1.82) is 0 Å². The Morgan fingerprint density at radius 1 is 0.958 bits per heavy atom. The number of allylic oxidation sites excluding steroid dienone is 1. The minimum Gasteiger partial charge on any atom is -0.461 e. The van der Waals surface area contributed by atoms with Crippen LogP contribution in [0.2, 0.25) is 0 Å². The first-order valence-corrected chi connectivity index (χ1v) is 9.66. The monoisotopic (exact) mass is 330 g/mol. The number of carbonyl (C=O) groups excluding carboxylic acids is 1. The summed E-state index contributed by atoms with van der Waals surface area (Å²) >= 11 is 0. The number of ether oxygens (including phenoxy) is 1. The van der Waals surface area contributed by atoms with E-state index in [0.29, 0.717) is 6.61 Å². The van der Waals surface area contributed by atoms with Crippen LogP contribution in [0.15, 0.2) is 42.5 Å². The summed E-state index contributed by atoms with van der Waals surface area (Å²) in [5, 5.41) is 0. The lowest BCUT2D eigenvalue weighted by Gasteiger charge is -2.13. The second-order valence-corrected chi connectivity index (χ2v) is 6.38. The standard InChI is InChI=1S/C22H34O2/c1-3-5-6-7-8-9-10-11-12-16-19-24-22(23)21(4-2)20-17-14-13-15-18-20/h12-18,21H,3-11,19H2,1-2H3/b16-12+. The van der Waals surface area contributed by atoms with Gasteiger partial charge in [-0.3, -0.25) is 4.79 Å². The second kappa shape index (κ2) is 13.8. The van der Waals surface area contributed by atoms with E-state index in [9.17, 15) is 4.79 Å². The highest BCUT2D eigenvalue weighted by Gasteiger charge is 2.19. The minimum atomic E-state index is -0.150. The fourth-order valence-corrected chi connectivity index (χ4v) is 2.86. The molecule has 0 heterocycles. The number of unbranched alkanes of at least 4 members (excludes halogenated alkanes) is 7. The van der Waals surface area contributed by atoms with Crippen LogP contribution in [0.25, 0.3) is 0 Å². The van der Waals surface area contributed by atoms with Gasteiger partial charge in [-0.2, -0.15) is 0 Å². The topological polar surface area (TPSA) is 26.3 Å². The molecular formula is C22H34O2. The van der Waals surface area contributed by atoms with Crippen LogP contribution in [0.5, 0.6) is 0 Å². The van der Waals surface area contributed by atoms with E-state index in [1.165, 1.54) is 44.9 Å². The fraction of sp³-hybridized carbons (Fsp3) is 0.591. The molecule has 0 amide bonds. The molecule has 24 heavy (non-hydrogen) atoms. The number of carbonyl (C=O) groups is 1. The van der Waals surface area contributed by atoms with E-state index < -0.39 is 0 Å². The molecule has 0 aromatic heterocycles. The van der Waals surface area contributed by atoms with Crippen LogP contribution in [0.1, 0.15) is 83.1 Å². The number of benzene rings is 1. The van der Waals surface area contributed by atoms with Crippen LogP contribution in [0.3, 0.4) is 0 Å². The fourth-order valence-electron chi connectivity index (χ4n) is 2.86. The third-order valence-electron chi connectivity index (χ3n) is 4.36. The lowest BCUT2D eigenvalue weighted by Crippen LogP contribution is -2.15. The van der Waals surface area contributed by atoms with Gasteiger partial charge in [0.25, 0.3) is 0 Å². The average molecular weight is 331 g/mol. The number of rotatable bonds is 13. The first-order valence-electron chi connectivity index (χ1n) is 9.66. The SMILES string of the molecule is CCCCCCCCC/C=C/COC(=O)C(CC)c1ccccc1. The summed E-state index contributed by atoms with van der Waals surface area (Å²) in [5.74, 6) is -0.271. The molecule has 0 aliphatic rings. The Kier molecular flexibility index (Phi) is 11.8. The van der Waals surface area contributed by atoms with Crippen LogP contribution in [0, 0.1) is 0 Å². The van der Waals surface area contributed by atoms with Crippen molar-refractivity contribution in [1.82, 2.24) is 0 Å². The van der Waals surface area contributed by atoms with Crippen molar-refractivity contribution < 1.29 is 9.53 Å². The Labute approximate surface area is 148 Å². The Balaban J connectivity index is 2.12. The molecule has 1 aromatic rings. The van der Waals surface area contributed by atoms with Gasteiger partial charge in [-0.15, -0.1) is 0 Å². The quantitative estimate of drug-likeness (QED) is 0.237. The average Bonchev–Trinajstić information content (AvgIpc) is 2.61. The van der Waals surface area contributed by atoms with Gasteiger partial charge in [0.05, 0.1) is 5.92 Å². The van der Waals surface area contributed by atoms with Gasteiger partial charge in [0.2, 0.25) is 0 Å². The molecule has 0 fully saturated rings. The molecule has 1 unspecified atom stereocenters. The highest BCUT2D eigenvalue weighted by molar-refractivity contribution is 5.78. The van der Waals surface area contributed by atoms with Crippen LogP contribution in [-0.2, 0) is 9.53 Å². The summed E-state index contributed by atoms with van der Waals surface area (Å²) < 4.78 is 5.40. The van der Waals surface area contributed by atoms with Gasteiger partial charge >= 0.3 is 5.97 Å². The summed E-state index contributed by atoms with van der Waals surface area (Å²) in [6, 6.07) is 9.88.